The molecule has 8 heteroatoms. The van der Waals surface area contributed by atoms with E-state index in [-0.39, 0.29) is 42.0 Å². The summed E-state index contributed by atoms with van der Waals surface area (Å²) in [5.41, 5.74) is -0.566. The summed E-state index contributed by atoms with van der Waals surface area (Å²) in [6, 6.07) is 5.79. The van der Waals surface area contributed by atoms with Gasteiger partial charge in [0.1, 0.15) is 19.0 Å². The van der Waals surface area contributed by atoms with Crippen LogP contribution in [0.2, 0.25) is 0 Å². The number of benzene rings is 1. The number of para-hydroxylation sites is 1. The number of carbonyl (C=O) groups excluding carboxylic acids is 1. The molecule has 3 rings (SSSR count). The molecule has 1 aliphatic rings. The molecule has 0 aliphatic carbocycles. The number of aryl methyl sites for hydroxylation is 1. The third-order valence-electron chi connectivity index (χ3n) is 5.20. The van der Waals surface area contributed by atoms with Gasteiger partial charge in [-0.05, 0) is 30.4 Å². The maximum absolute atomic E-state index is 13.8. The number of nitrogens with zero attached hydrogens (tertiary/aromatic N) is 3. The van der Waals surface area contributed by atoms with Crippen LogP contribution in [0.25, 0.3) is 0 Å². The van der Waals surface area contributed by atoms with Crippen LogP contribution in [0.3, 0.4) is 0 Å². The first-order valence-electron chi connectivity index (χ1n) is 10.1. The fraction of sp³-hybridized carbons (Fsp3) is 0.571. The van der Waals surface area contributed by atoms with Crippen LogP contribution in [0.15, 0.2) is 29.1 Å². The number of hydrogen-bond donors (Lipinski definition) is 1. The fourth-order valence-corrected chi connectivity index (χ4v) is 3.35. The summed E-state index contributed by atoms with van der Waals surface area (Å²) in [6.07, 6.45) is 3.79. The fourth-order valence-electron chi connectivity index (χ4n) is 3.35. The van der Waals surface area contributed by atoms with Gasteiger partial charge in [-0.3, -0.25) is 9.36 Å². The SMILES string of the molecule is CC(C)(C)C(COc1ccccc1F)NC(=O)Cn1nc2n(c1=O)CCCCC2. The number of ether oxygens (including phenoxy) is 1. The summed E-state index contributed by atoms with van der Waals surface area (Å²) in [4.78, 5) is 25.2. The van der Waals surface area contributed by atoms with Gasteiger partial charge >= 0.3 is 5.69 Å². The molecule has 1 N–H and O–H groups in total. The van der Waals surface area contributed by atoms with E-state index in [1.54, 1.807) is 22.8 Å². The third kappa shape index (κ3) is 5.25. The van der Waals surface area contributed by atoms with Crippen molar-refractivity contribution < 1.29 is 13.9 Å². The van der Waals surface area contributed by atoms with E-state index in [1.165, 1.54) is 10.7 Å². The molecule has 1 unspecified atom stereocenters. The van der Waals surface area contributed by atoms with Crippen LogP contribution < -0.4 is 15.7 Å². The highest BCUT2D eigenvalue weighted by atomic mass is 19.1. The van der Waals surface area contributed by atoms with Gasteiger partial charge in [0, 0.05) is 13.0 Å². The zero-order chi connectivity index (χ0) is 21.0. The van der Waals surface area contributed by atoms with Crippen molar-refractivity contribution in [3.05, 3.63) is 46.4 Å². The van der Waals surface area contributed by atoms with Crippen molar-refractivity contribution in [1.82, 2.24) is 19.7 Å². The van der Waals surface area contributed by atoms with E-state index < -0.39 is 5.82 Å². The Labute approximate surface area is 169 Å². The summed E-state index contributed by atoms with van der Waals surface area (Å²) in [7, 11) is 0. The zero-order valence-electron chi connectivity index (χ0n) is 17.3. The van der Waals surface area contributed by atoms with Gasteiger partial charge in [-0.2, -0.15) is 5.10 Å². The Morgan fingerprint density at radius 3 is 2.76 bits per heavy atom. The molecule has 0 fully saturated rings. The quantitative estimate of drug-likeness (QED) is 0.803. The number of hydrogen-bond acceptors (Lipinski definition) is 4. The van der Waals surface area contributed by atoms with E-state index in [2.05, 4.69) is 10.4 Å². The lowest BCUT2D eigenvalue weighted by atomic mass is 9.87. The van der Waals surface area contributed by atoms with Gasteiger partial charge in [-0.25, -0.2) is 13.9 Å². The number of aromatic nitrogens is 3. The highest BCUT2D eigenvalue weighted by Crippen LogP contribution is 2.22. The average molecular weight is 404 g/mol. The van der Waals surface area contributed by atoms with Crippen molar-refractivity contribution >= 4 is 5.91 Å². The van der Waals surface area contributed by atoms with E-state index in [0.29, 0.717) is 6.54 Å². The molecule has 0 bridgehead atoms. The molecule has 0 radical (unpaired) electrons. The summed E-state index contributed by atoms with van der Waals surface area (Å²) in [5, 5.41) is 7.27. The minimum Gasteiger partial charge on any atom is -0.488 e. The number of carbonyl (C=O) groups is 1. The number of rotatable bonds is 6. The Kier molecular flexibility index (Phi) is 6.39. The average Bonchev–Trinajstić information content (AvgIpc) is 2.82. The second-order valence-corrected chi connectivity index (χ2v) is 8.55. The summed E-state index contributed by atoms with van der Waals surface area (Å²) < 4.78 is 22.3. The molecule has 2 heterocycles. The minimum absolute atomic E-state index is 0.116. The van der Waals surface area contributed by atoms with Crippen molar-refractivity contribution in [3.63, 3.8) is 0 Å². The van der Waals surface area contributed by atoms with Crippen molar-refractivity contribution in [2.75, 3.05) is 6.61 Å². The molecule has 1 atom stereocenters. The Morgan fingerprint density at radius 1 is 1.28 bits per heavy atom. The number of nitrogens with one attached hydrogen (secondary N) is 1. The van der Waals surface area contributed by atoms with Crippen LogP contribution in [-0.4, -0.2) is 32.9 Å². The molecule has 0 saturated carbocycles. The molecule has 1 aliphatic heterocycles. The highest BCUT2D eigenvalue weighted by molar-refractivity contribution is 5.76. The van der Waals surface area contributed by atoms with E-state index in [9.17, 15) is 14.0 Å². The monoisotopic (exact) mass is 404 g/mol. The predicted molar refractivity (Wildman–Crippen MR) is 107 cm³/mol. The van der Waals surface area contributed by atoms with E-state index in [1.807, 2.05) is 20.8 Å². The molecule has 1 amide bonds. The Morgan fingerprint density at radius 2 is 2.03 bits per heavy atom. The molecule has 1 aromatic carbocycles. The van der Waals surface area contributed by atoms with Crippen molar-refractivity contribution in [3.8, 4) is 5.75 Å². The van der Waals surface area contributed by atoms with E-state index >= 15 is 0 Å². The molecule has 0 spiro atoms. The molecule has 158 valence electrons. The van der Waals surface area contributed by atoms with Crippen LogP contribution in [0.5, 0.6) is 5.75 Å². The van der Waals surface area contributed by atoms with Crippen LogP contribution in [0, 0.1) is 11.2 Å². The van der Waals surface area contributed by atoms with Crippen molar-refractivity contribution in [1.29, 1.82) is 0 Å². The number of amides is 1. The Balaban J connectivity index is 1.66. The van der Waals surface area contributed by atoms with Gasteiger partial charge in [0.2, 0.25) is 5.91 Å². The summed E-state index contributed by atoms with van der Waals surface area (Å²) >= 11 is 0. The maximum Gasteiger partial charge on any atom is 0.346 e. The maximum atomic E-state index is 13.8. The van der Waals surface area contributed by atoms with Gasteiger partial charge in [0.15, 0.2) is 11.6 Å². The lowest BCUT2D eigenvalue weighted by molar-refractivity contribution is -0.123. The van der Waals surface area contributed by atoms with Crippen LogP contribution in [0.4, 0.5) is 4.39 Å². The number of fused-ring (bicyclic) bond motifs is 1. The smallest absolute Gasteiger partial charge is 0.346 e. The molecule has 2 aromatic rings. The molecule has 0 saturated heterocycles. The Bertz CT molecular complexity index is 913. The summed E-state index contributed by atoms with van der Waals surface area (Å²) in [5.74, 6) is 0.121. The van der Waals surface area contributed by atoms with Gasteiger partial charge in [-0.15, -0.1) is 0 Å². The first-order chi connectivity index (χ1) is 13.8. The normalized spacial score (nSPS) is 15.3. The summed E-state index contributed by atoms with van der Waals surface area (Å²) in [6.45, 7) is 6.52. The largest absolute Gasteiger partial charge is 0.488 e. The standard InChI is InChI=1S/C21H29FN4O3/c1-21(2,3)17(14-29-16-10-7-6-9-15(16)22)23-19(27)13-26-20(28)25-12-8-4-5-11-18(25)24-26/h6-7,9-10,17H,4-5,8,11-14H2,1-3H3,(H,23,27). The van der Waals surface area contributed by atoms with Crippen LogP contribution >= 0.6 is 0 Å². The lowest BCUT2D eigenvalue weighted by Gasteiger charge is -2.31. The van der Waals surface area contributed by atoms with Crippen molar-refractivity contribution in [2.45, 2.75) is 65.6 Å². The molecular weight excluding hydrogens is 375 g/mol. The van der Waals surface area contributed by atoms with Crippen LogP contribution in [-0.2, 0) is 24.3 Å². The first-order valence-corrected chi connectivity index (χ1v) is 10.1. The van der Waals surface area contributed by atoms with Gasteiger partial charge in [-0.1, -0.05) is 39.3 Å². The first kappa shape index (κ1) is 21.1. The molecule has 29 heavy (non-hydrogen) atoms. The van der Waals surface area contributed by atoms with Gasteiger partial charge in [0.25, 0.3) is 0 Å². The highest BCUT2D eigenvalue weighted by Gasteiger charge is 2.28. The van der Waals surface area contributed by atoms with Gasteiger partial charge < -0.3 is 10.1 Å². The molecule has 7 nitrogen and oxygen atoms in total. The number of halogens is 1. The van der Waals surface area contributed by atoms with Crippen molar-refractivity contribution in [2.24, 2.45) is 5.41 Å². The third-order valence-corrected chi connectivity index (χ3v) is 5.20. The lowest BCUT2D eigenvalue weighted by Crippen LogP contribution is -2.49. The van der Waals surface area contributed by atoms with E-state index in [4.69, 9.17) is 4.74 Å². The second-order valence-electron chi connectivity index (χ2n) is 8.55. The zero-order valence-corrected chi connectivity index (χ0v) is 17.3. The Hall–Kier alpha value is -2.64. The van der Waals surface area contributed by atoms with Crippen LogP contribution in [0.1, 0.15) is 45.9 Å². The molecular formula is C21H29FN4O3. The predicted octanol–water partition coefficient (Wildman–Crippen LogP) is 2.52. The van der Waals surface area contributed by atoms with E-state index in [0.717, 1.165) is 31.5 Å². The minimum atomic E-state index is -0.447. The topological polar surface area (TPSA) is 78.2 Å². The molecule has 1 aromatic heterocycles. The second kappa shape index (κ2) is 8.80. The van der Waals surface area contributed by atoms with Gasteiger partial charge in [0.05, 0.1) is 6.04 Å².